The summed E-state index contributed by atoms with van der Waals surface area (Å²) >= 11 is 1.85. The van der Waals surface area contributed by atoms with Gasteiger partial charge in [0.25, 0.3) is 0 Å². The van der Waals surface area contributed by atoms with E-state index < -0.39 is 0 Å². The van der Waals surface area contributed by atoms with Gasteiger partial charge in [-0.25, -0.2) is 0 Å². The fraction of sp³-hybridized carbons (Fsp3) is 0.571. The van der Waals surface area contributed by atoms with Gasteiger partial charge in [0.1, 0.15) is 5.75 Å². The smallest absolute Gasteiger partial charge is 0.119 e. The standard InChI is InChI=1S/C14H23NOS/c1-3-13(15)10-12-6-4-7-14(11-12)16-8-5-9-17-2/h4,6-7,11,13H,3,5,8-10,15H2,1-2H3. The first-order chi connectivity index (χ1) is 8.26. The lowest BCUT2D eigenvalue weighted by atomic mass is 10.0. The van der Waals surface area contributed by atoms with Crippen molar-refractivity contribution in [2.45, 2.75) is 32.2 Å². The highest BCUT2D eigenvalue weighted by molar-refractivity contribution is 7.98. The minimum atomic E-state index is 0.252. The fourth-order valence-corrected chi connectivity index (χ4v) is 2.01. The van der Waals surface area contributed by atoms with Gasteiger partial charge in [0.05, 0.1) is 6.61 Å². The highest BCUT2D eigenvalue weighted by atomic mass is 32.2. The van der Waals surface area contributed by atoms with Crippen LogP contribution in [0.25, 0.3) is 0 Å². The summed E-state index contributed by atoms with van der Waals surface area (Å²) in [6.45, 7) is 2.91. The summed E-state index contributed by atoms with van der Waals surface area (Å²) in [7, 11) is 0. The van der Waals surface area contributed by atoms with Gasteiger partial charge in [-0.15, -0.1) is 0 Å². The maximum absolute atomic E-state index is 5.95. The van der Waals surface area contributed by atoms with Crippen molar-refractivity contribution < 1.29 is 4.74 Å². The zero-order valence-corrected chi connectivity index (χ0v) is 11.6. The van der Waals surface area contributed by atoms with Crippen molar-refractivity contribution in [3.05, 3.63) is 29.8 Å². The molecular weight excluding hydrogens is 230 g/mol. The zero-order chi connectivity index (χ0) is 12.5. The molecule has 1 unspecified atom stereocenters. The predicted molar refractivity (Wildman–Crippen MR) is 76.9 cm³/mol. The summed E-state index contributed by atoms with van der Waals surface area (Å²) < 4.78 is 5.71. The number of thioether (sulfide) groups is 1. The zero-order valence-electron chi connectivity index (χ0n) is 10.8. The molecule has 17 heavy (non-hydrogen) atoms. The van der Waals surface area contributed by atoms with Crippen molar-refractivity contribution in [3.8, 4) is 5.75 Å². The van der Waals surface area contributed by atoms with Crippen LogP contribution in [0.3, 0.4) is 0 Å². The molecule has 3 heteroatoms. The van der Waals surface area contributed by atoms with E-state index in [1.807, 2.05) is 23.9 Å². The van der Waals surface area contributed by atoms with Crippen molar-refractivity contribution in [2.24, 2.45) is 5.73 Å². The Morgan fingerprint density at radius 2 is 2.24 bits per heavy atom. The van der Waals surface area contributed by atoms with E-state index >= 15 is 0 Å². The average molecular weight is 253 g/mol. The van der Waals surface area contributed by atoms with Gasteiger partial charge in [0.2, 0.25) is 0 Å². The summed E-state index contributed by atoms with van der Waals surface area (Å²) in [5, 5.41) is 0. The largest absolute Gasteiger partial charge is 0.494 e. The van der Waals surface area contributed by atoms with E-state index in [2.05, 4.69) is 25.3 Å². The van der Waals surface area contributed by atoms with Gasteiger partial charge >= 0.3 is 0 Å². The van der Waals surface area contributed by atoms with Crippen LogP contribution in [0.4, 0.5) is 0 Å². The Labute approximate surface area is 109 Å². The molecule has 0 radical (unpaired) electrons. The molecule has 2 nitrogen and oxygen atoms in total. The highest BCUT2D eigenvalue weighted by Crippen LogP contribution is 2.15. The monoisotopic (exact) mass is 253 g/mol. The van der Waals surface area contributed by atoms with E-state index in [1.54, 1.807) is 0 Å². The van der Waals surface area contributed by atoms with E-state index in [0.717, 1.165) is 37.4 Å². The third-order valence-corrected chi connectivity index (χ3v) is 3.38. The predicted octanol–water partition coefficient (Wildman–Crippen LogP) is 3.10. The molecule has 0 heterocycles. The quantitative estimate of drug-likeness (QED) is 0.723. The van der Waals surface area contributed by atoms with Crippen molar-refractivity contribution >= 4 is 11.8 Å². The topological polar surface area (TPSA) is 35.2 Å². The molecule has 1 aromatic carbocycles. The second kappa shape index (κ2) is 8.43. The first kappa shape index (κ1) is 14.4. The molecule has 0 aliphatic carbocycles. The van der Waals surface area contributed by atoms with Crippen molar-refractivity contribution in [2.75, 3.05) is 18.6 Å². The van der Waals surface area contributed by atoms with Crippen LogP contribution in [-0.4, -0.2) is 24.7 Å². The lowest BCUT2D eigenvalue weighted by Crippen LogP contribution is -2.21. The van der Waals surface area contributed by atoms with Crippen LogP contribution >= 0.6 is 11.8 Å². The molecular formula is C14H23NOS. The summed E-state index contributed by atoms with van der Waals surface area (Å²) in [6, 6.07) is 8.53. The third-order valence-electron chi connectivity index (χ3n) is 2.68. The average Bonchev–Trinajstić information content (AvgIpc) is 2.35. The van der Waals surface area contributed by atoms with Gasteiger partial charge in [-0.2, -0.15) is 11.8 Å². The fourth-order valence-electron chi connectivity index (χ4n) is 1.60. The number of ether oxygens (including phenoxy) is 1. The third kappa shape index (κ3) is 5.99. The number of benzene rings is 1. The van der Waals surface area contributed by atoms with E-state index in [4.69, 9.17) is 10.5 Å². The Bertz CT molecular complexity index is 317. The molecule has 1 aromatic rings. The van der Waals surface area contributed by atoms with Gasteiger partial charge < -0.3 is 10.5 Å². The molecule has 0 saturated carbocycles. The van der Waals surface area contributed by atoms with Crippen LogP contribution < -0.4 is 10.5 Å². The van der Waals surface area contributed by atoms with E-state index in [-0.39, 0.29) is 6.04 Å². The van der Waals surface area contributed by atoms with Gasteiger partial charge in [-0.1, -0.05) is 19.1 Å². The maximum atomic E-state index is 5.95. The molecule has 0 bridgehead atoms. The number of hydrogen-bond donors (Lipinski definition) is 1. The van der Waals surface area contributed by atoms with Gasteiger partial charge in [0, 0.05) is 6.04 Å². The van der Waals surface area contributed by atoms with Gasteiger partial charge in [-0.05, 0) is 49.0 Å². The molecule has 2 N–H and O–H groups in total. The van der Waals surface area contributed by atoms with Crippen LogP contribution in [0.2, 0.25) is 0 Å². The molecule has 1 atom stereocenters. The van der Waals surface area contributed by atoms with Crippen LogP contribution in [0, 0.1) is 0 Å². The van der Waals surface area contributed by atoms with E-state index in [1.165, 1.54) is 5.56 Å². The first-order valence-electron chi connectivity index (χ1n) is 6.22. The molecule has 0 aromatic heterocycles. The maximum Gasteiger partial charge on any atom is 0.119 e. The number of hydrogen-bond acceptors (Lipinski definition) is 3. The molecule has 0 saturated heterocycles. The second-order valence-corrected chi connectivity index (χ2v) is 5.20. The summed E-state index contributed by atoms with van der Waals surface area (Å²) in [4.78, 5) is 0. The molecule has 0 aliphatic rings. The SMILES string of the molecule is CCC(N)Cc1cccc(OCCCSC)c1. The molecule has 0 amide bonds. The Hall–Kier alpha value is -0.670. The molecule has 0 fully saturated rings. The van der Waals surface area contributed by atoms with Gasteiger partial charge in [0.15, 0.2) is 0 Å². The van der Waals surface area contributed by atoms with Gasteiger partial charge in [-0.3, -0.25) is 0 Å². The molecule has 0 spiro atoms. The normalized spacial score (nSPS) is 12.4. The minimum Gasteiger partial charge on any atom is -0.494 e. The van der Waals surface area contributed by atoms with Crippen molar-refractivity contribution in [3.63, 3.8) is 0 Å². The van der Waals surface area contributed by atoms with Crippen molar-refractivity contribution in [1.82, 2.24) is 0 Å². The van der Waals surface area contributed by atoms with Crippen LogP contribution in [0.15, 0.2) is 24.3 Å². The lowest BCUT2D eigenvalue weighted by molar-refractivity contribution is 0.318. The summed E-state index contributed by atoms with van der Waals surface area (Å²) in [5.41, 5.74) is 7.22. The summed E-state index contributed by atoms with van der Waals surface area (Å²) in [5.74, 6) is 2.12. The summed E-state index contributed by atoms with van der Waals surface area (Å²) in [6.07, 6.45) is 5.16. The van der Waals surface area contributed by atoms with Crippen LogP contribution in [0.5, 0.6) is 5.75 Å². The molecule has 1 rings (SSSR count). The van der Waals surface area contributed by atoms with Crippen LogP contribution in [0.1, 0.15) is 25.3 Å². The molecule has 0 aliphatic heterocycles. The second-order valence-electron chi connectivity index (χ2n) is 4.21. The van der Waals surface area contributed by atoms with Crippen LogP contribution in [-0.2, 0) is 6.42 Å². The van der Waals surface area contributed by atoms with E-state index in [0.29, 0.717) is 0 Å². The van der Waals surface area contributed by atoms with E-state index in [9.17, 15) is 0 Å². The highest BCUT2D eigenvalue weighted by Gasteiger charge is 2.02. The Balaban J connectivity index is 2.42. The van der Waals surface area contributed by atoms with Crippen molar-refractivity contribution in [1.29, 1.82) is 0 Å². The number of nitrogens with two attached hydrogens (primary N) is 1. The Kier molecular flexibility index (Phi) is 7.13. The lowest BCUT2D eigenvalue weighted by Gasteiger charge is -2.11. The Morgan fingerprint density at radius 1 is 1.41 bits per heavy atom. The minimum absolute atomic E-state index is 0.252. The Morgan fingerprint density at radius 3 is 2.94 bits per heavy atom. The molecule has 96 valence electrons. The first-order valence-corrected chi connectivity index (χ1v) is 7.62. The number of rotatable bonds is 8.